The molecule has 0 radical (unpaired) electrons. The number of halogens is 1. The number of nitrogens with one attached hydrogen (secondary N) is 1. The third kappa shape index (κ3) is 4.06. The van der Waals surface area contributed by atoms with Gasteiger partial charge in [0.2, 0.25) is 5.91 Å². The normalized spacial score (nSPS) is 12.3. The molecule has 0 spiro atoms. The molecule has 0 aliphatic heterocycles. The average molecular weight is 347 g/mol. The number of para-hydroxylation sites is 2. The fourth-order valence-corrected chi connectivity index (χ4v) is 3.03. The highest BCUT2D eigenvalue weighted by atomic mass is 35.5. The number of amides is 1. The van der Waals surface area contributed by atoms with E-state index in [-0.39, 0.29) is 17.7 Å². The second kappa shape index (κ2) is 7.06. The van der Waals surface area contributed by atoms with Crippen LogP contribution >= 0.6 is 23.4 Å². The Labute approximate surface area is 143 Å². The minimum absolute atomic E-state index is 0.0790. The maximum Gasteiger partial charge on any atom is 0.257 e. The van der Waals surface area contributed by atoms with Gasteiger partial charge >= 0.3 is 0 Å². The lowest BCUT2D eigenvalue weighted by Crippen LogP contribution is -2.28. The largest absolute Gasteiger partial charge is 0.431 e. The number of nitrogens with zero attached hydrogens (tertiary/aromatic N) is 1. The summed E-state index contributed by atoms with van der Waals surface area (Å²) in [7, 11) is 0. The van der Waals surface area contributed by atoms with Gasteiger partial charge in [0.05, 0.1) is 11.8 Å². The Hall–Kier alpha value is -1.98. The molecule has 118 valence electrons. The molecule has 0 saturated heterocycles. The van der Waals surface area contributed by atoms with Crippen molar-refractivity contribution in [3.8, 4) is 0 Å². The van der Waals surface area contributed by atoms with E-state index in [1.165, 1.54) is 11.8 Å². The van der Waals surface area contributed by atoms with Crippen molar-refractivity contribution in [3.63, 3.8) is 0 Å². The van der Waals surface area contributed by atoms with E-state index in [1.807, 2.05) is 55.5 Å². The lowest BCUT2D eigenvalue weighted by molar-refractivity contribution is -0.119. The molecule has 6 heteroatoms. The van der Waals surface area contributed by atoms with E-state index >= 15 is 0 Å². The summed E-state index contributed by atoms with van der Waals surface area (Å²) in [6.07, 6.45) is 0. The number of benzene rings is 2. The monoisotopic (exact) mass is 346 g/mol. The van der Waals surface area contributed by atoms with Crippen molar-refractivity contribution >= 4 is 40.4 Å². The highest BCUT2D eigenvalue weighted by Crippen LogP contribution is 2.23. The van der Waals surface area contributed by atoms with Crippen LogP contribution in [0.25, 0.3) is 11.1 Å². The predicted octanol–water partition coefficient (Wildman–Crippen LogP) is 4.45. The summed E-state index contributed by atoms with van der Waals surface area (Å²) in [5.74, 6) is 0.169. The number of carbonyl (C=O) groups is 1. The topological polar surface area (TPSA) is 55.1 Å². The third-order valence-corrected chi connectivity index (χ3v) is 4.39. The summed E-state index contributed by atoms with van der Waals surface area (Å²) < 4.78 is 5.58. The fraction of sp³-hybridized carbons (Fsp3) is 0.176. The molecule has 1 amide bonds. The molecule has 1 heterocycles. The van der Waals surface area contributed by atoms with Crippen molar-refractivity contribution in [3.05, 3.63) is 59.1 Å². The van der Waals surface area contributed by atoms with Gasteiger partial charge < -0.3 is 9.73 Å². The fourth-order valence-electron chi connectivity index (χ4n) is 2.18. The van der Waals surface area contributed by atoms with Crippen molar-refractivity contribution < 1.29 is 9.21 Å². The first-order valence-electron chi connectivity index (χ1n) is 7.15. The van der Waals surface area contributed by atoms with E-state index in [2.05, 4.69) is 10.3 Å². The maximum atomic E-state index is 12.1. The van der Waals surface area contributed by atoms with Crippen molar-refractivity contribution in [2.45, 2.75) is 18.2 Å². The summed E-state index contributed by atoms with van der Waals surface area (Å²) in [5.41, 5.74) is 2.49. The number of hydrogen-bond acceptors (Lipinski definition) is 4. The highest BCUT2D eigenvalue weighted by Gasteiger charge is 2.12. The third-order valence-electron chi connectivity index (χ3n) is 3.33. The lowest BCUT2D eigenvalue weighted by Gasteiger charge is -2.14. The van der Waals surface area contributed by atoms with Gasteiger partial charge in [-0.1, -0.05) is 47.6 Å². The van der Waals surface area contributed by atoms with Gasteiger partial charge in [-0.05, 0) is 36.8 Å². The van der Waals surface area contributed by atoms with Crippen LogP contribution in [0.3, 0.4) is 0 Å². The molecule has 1 atom stereocenters. The van der Waals surface area contributed by atoms with Crippen molar-refractivity contribution in [2.24, 2.45) is 0 Å². The summed E-state index contributed by atoms with van der Waals surface area (Å²) in [6.45, 7) is 1.92. The quantitative estimate of drug-likeness (QED) is 0.693. The molecule has 2 aromatic carbocycles. The second-order valence-corrected chi connectivity index (χ2v) is 6.44. The van der Waals surface area contributed by atoms with Crippen LogP contribution in [0.4, 0.5) is 0 Å². The van der Waals surface area contributed by atoms with E-state index in [9.17, 15) is 4.79 Å². The lowest BCUT2D eigenvalue weighted by atomic mass is 10.1. The Morgan fingerprint density at radius 1 is 1.30 bits per heavy atom. The van der Waals surface area contributed by atoms with Crippen LogP contribution in [-0.2, 0) is 4.79 Å². The summed E-state index contributed by atoms with van der Waals surface area (Å²) in [6, 6.07) is 14.9. The van der Waals surface area contributed by atoms with E-state index in [0.29, 0.717) is 10.2 Å². The number of oxazole rings is 1. The molecule has 4 nitrogen and oxygen atoms in total. The Kier molecular flexibility index (Phi) is 4.88. The standard InChI is InChI=1S/C17H15ClN2O2S/c1-11(12-5-4-6-13(18)9-12)19-16(21)10-23-17-20-14-7-2-3-8-15(14)22-17/h2-9,11H,10H2,1H3,(H,19,21)/t11-/m1/s1. The summed E-state index contributed by atoms with van der Waals surface area (Å²) in [5, 5.41) is 4.09. The molecule has 0 aliphatic carbocycles. The second-order valence-electron chi connectivity index (χ2n) is 5.08. The SMILES string of the molecule is C[C@@H](NC(=O)CSc1nc2ccccc2o1)c1cccc(Cl)c1. The Balaban J connectivity index is 1.57. The van der Waals surface area contributed by atoms with Gasteiger partial charge in [-0.15, -0.1) is 0 Å². The molecule has 23 heavy (non-hydrogen) atoms. The minimum atomic E-state index is -0.106. The van der Waals surface area contributed by atoms with E-state index in [0.717, 1.165) is 16.7 Å². The van der Waals surface area contributed by atoms with Crippen LogP contribution in [0.15, 0.2) is 58.2 Å². The summed E-state index contributed by atoms with van der Waals surface area (Å²) in [4.78, 5) is 16.4. The van der Waals surface area contributed by atoms with Crippen LogP contribution in [-0.4, -0.2) is 16.6 Å². The molecule has 0 bridgehead atoms. The van der Waals surface area contributed by atoms with E-state index in [4.69, 9.17) is 16.0 Å². The Bertz CT molecular complexity index is 801. The smallest absolute Gasteiger partial charge is 0.257 e. The zero-order valence-electron chi connectivity index (χ0n) is 12.5. The number of fused-ring (bicyclic) bond motifs is 1. The van der Waals surface area contributed by atoms with Crippen molar-refractivity contribution in [1.82, 2.24) is 10.3 Å². The molecule has 1 N–H and O–H groups in total. The highest BCUT2D eigenvalue weighted by molar-refractivity contribution is 7.99. The Morgan fingerprint density at radius 3 is 2.91 bits per heavy atom. The van der Waals surface area contributed by atoms with Crippen LogP contribution in [0.5, 0.6) is 0 Å². The van der Waals surface area contributed by atoms with E-state index < -0.39 is 0 Å². The van der Waals surface area contributed by atoms with Crippen molar-refractivity contribution in [2.75, 3.05) is 5.75 Å². The molecule has 3 rings (SSSR count). The van der Waals surface area contributed by atoms with Gasteiger partial charge in [-0.3, -0.25) is 4.79 Å². The van der Waals surface area contributed by atoms with Crippen LogP contribution in [0.1, 0.15) is 18.5 Å². The van der Waals surface area contributed by atoms with Gasteiger partial charge in [0.1, 0.15) is 5.52 Å². The summed E-state index contributed by atoms with van der Waals surface area (Å²) >= 11 is 7.25. The first-order chi connectivity index (χ1) is 11.1. The van der Waals surface area contributed by atoms with Gasteiger partial charge in [0.15, 0.2) is 5.58 Å². The molecule has 0 aliphatic rings. The first kappa shape index (κ1) is 15.9. The molecular weight excluding hydrogens is 332 g/mol. The molecule has 1 aromatic heterocycles. The Morgan fingerprint density at radius 2 is 2.13 bits per heavy atom. The van der Waals surface area contributed by atoms with E-state index in [1.54, 1.807) is 0 Å². The molecular formula is C17H15ClN2O2S. The molecule has 3 aromatic rings. The average Bonchev–Trinajstić information content (AvgIpc) is 2.96. The number of hydrogen-bond donors (Lipinski definition) is 1. The number of carbonyl (C=O) groups excluding carboxylic acids is 1. The number of thioether (sulfide) groups is 1. The van der Waals surface area contributed by atoms with Crippen molar-refractivity contribution in [1.29, 1.82) is 0 Å². The predicted molar refractivity (Wildman–Crippen MR) is 92.7 cm³/mol. The molecule has 0 fully saturated rings. The maximum absolute atomic E-state index is 12.1. The van der Waals surface area contributed by atoms with Gasteiger partial charge in [0, 0.05) is 5.02 Å². The van der Waals surface area contributed by atoms with Crippen LogP contribution in [0, 0.1) is 0 Å². The first-order valence-corrected chi connectivity index (χ1v) is 8.51. The zero-order valence-corrected chi connectivity index (χ0v) is 14.0. The zero-order chi connectivity index (χ0) is 16.2. The minimum Gasteiger partial charge on any atom is -0.431 e. The van der Waals surface area contributed by atoms with Gasteiger partial charge in [0.25, 0.3) is 5.22 Å². The molecule has 0 unspecified atom stereocenters. The van der Waals surface area contributed by atoms with Crippen LogP contribution in [0.2, 0.25) is 5.02 Å². The van der Waals surface area contributed by atoms with Gasteiger partial charge in [-0.2, -0.15) is 0 Å². The van der Waals surface area contributed by atoms with Gasteiger partial charge in [-0.25, -0.2) is 4.98 Å². The number of rotatable bonds is 5. The molecule has 0 saturated carbocycles. The van der Waals surface area contributed by atoms with Crippen LogP contribution < -0.4 is 5.32 Å². The number of aromatic nitrogens is 1.